The normalized spacial score (nSPS) is 10.2. The van der Waals surface area contributed by atoms with Crippen molar-refractivity contribution in [2.24, 2.45) is 0 Å². The number of ether oxygens (including phenoxy) is 1. The van der Waals surface area contributed by atoms with Crippen LogP contribution in [-0.4, -0.2) is 17.0 Å². The van der Waals surface area contributed by atoms with Crippen LogP contribution in [0.25, 0.3) is 0 Å². The highest BCUT2D eigenvalue weighted by molar-refractivity contribution is 5.92. The second-order valence-electron chi connectivity index (χ2n) is 2.85. The maximum absolute atomic E-state index is 11.3. The molecule has 0 spiro atoms. The molecule has 0 amide bonds. The Bertz CT molecular complexity index is 354. The first-order valence-corrected chi connectivity index (χ1v) is 3.95. The Hall–Kier alpha value is -1.85. The third-order valence-corrected chi connectivity index (χ3v) is 1.37. The minimum Gasteiger partial charge on any atom is -0.459 e. The number of nitro groups is 1. The van der Waals surface area contributed by atoms with E-state index in [9.17, 15) is 14.9 Å². The predicted molar refractivity (Wildman–Crippen MR) is 45.9 cm³/mol. The minimum atomic E-state index is -0.767. The molecule has 0 saturated carbocycles. The molecule has 0 atom stereocenters. The van der Waals surface area contributed by atoms with E-state index >= 15 is 0 Å². The smallest absolute Gasteiger partial charge is 0.447 e. The van der Waals surface area contributed by atoms with Gasteiger partial charge < -0.3 is 9.15 Å². The lowest BCUT2D eigenvalue weighted by atomic mass is 10.3. The van der Waals surface area contributed by atoms with Crippen LogP contribution in [0.4, 0.5) is 5.88 Å². The van der Waals surface area contributed by atoms with Crippen molar-refractivity contribution in [3.8, 4) is 0 Å². The van der Waals surface area contributed by atoms with Gasteiger partial charge in [-0.15, -0.1) is 0 Å². The van der Waals surface area contributed by atoms with Crippen LogP contribution in [0.15, 0.2) is 16.7 Å². The fourth-order valence-electron chi connectivity index (χ4n) is 0.876. The summed E-state index contributed by atoms with van der Waals surface area (Å²) in [4.78, 5) is 20.9. The van der Waals surface area contributed by atoms with Crippen LogP contribution in [0.5, 0.6) is 0 Å². The number of nitrogens with zero attached hydrogens (tertiary/aromatic N) is 1. The van der Waals surface area contributed by atoms with Gasteiger partial charge in [-0.2, -0.15) is 0 Å². The standard InChI is InChI=1S/C8H9NO5/c1-5(2)14-8(10)6-3-4-13-7(6)9(11)12/h3-5H,1-2H3. The Morgan fingerprint density at radius 1 is 1.64 bits per heavy atom. The van der Waals surface area contributed by atoms with Gasteiger partial charge in [-0.05, 0) is 19.9 Å². The molecule has 1 rings (SSSR count). The molecule has 14 heavy (non-hydrogen) atoms. The minimum absolute atomic E-state index is 0.163. The van der Waals surface area contributed by atoms with E-state index in [-0.39, 0.29) is 11.7 Å². The molecular formula is C8H9NO5. The summed E-state index contributed by atoms with van der Waals surface area (Å²) in [5.74, 6) is -1.34. The number of hydrogen-bond donors (Lipinski definition) is 0. The molecule has 0 aromatic carbocycles. The lowest BCUT2D eigenvalue weighted by Crippen LogP contribution is -2.12. The zero-order chi connectivity index (χ0) is 10.7. The molecule has 6 heteroatoms. The number of carbonyl (C=O) groups is 1. The third kappa shape index (κ3) is 2.09. The summed E-state index contributed by atoms with van der Waals surface area (Å²) in [6.07, 6.45) is 0.756. The quantitative estimate of drug-likeness (QED) is 0.420. The highest BCUT2D eigenvalue weighted by Crippen LogP contribution is 2.20. The van der Waals surface area contributed by atoms with Crippen molar-refractivity contribution >= 4 is 11.9 Å². The van der Waals surface area contributed by atoms with E-state index in [0.29, 0.717) is 0 Å². The lowest BCUT2D eigenvalue weighted by Gasteiger charge is -2.04. The molecule has 0 aliphatic carbocycles. The van der Waals surface area contributed by atoms with Gasteiger partial charge in [0.05, 0.1) is 12.4 Å². The molecule has 1 aromatic heterocycles. The van der Waals surface area contributed by atoms with Crippen molar-refractivity contribution < 1.29 is 18.9 Å². The molecule has 0 aliphatic rings. The first-order chi connectivity index (χ1) is 6.52. The third-order valence-electron chi connectivity index (χ3n) is 1.37. The van der Waals surface area contributed by atoms with E-state index in [1.54, 1.807) is 13.8 Å². The Morgan fingerprint density at radius 3 is 2.79 bits per heavy atom. The summed E-state index contributed by atoms with van der Waals surface area (Å²) >= 11 is 0. The van der Waals surface area contributed by atoms with Gasteiger partial charge in [-0.1, -0.05) is 0 Å². The van der Waals surface area contributed by atoms with Gasteiger partial charge in [0, 0.05) is 0 Å². The van der Waals surface area contributed by atoms with E-state index in [0.717, 1.165) is 6.26 Å². The zero-order valence-electron chi connectivity index (χ0n) is 7.72. The number of carbonyl (C=O) groups excluding carboxylic acids is 1. The summed E-state index contributed by atoms with van der Waals surface area (Å²) < 4.78 is 9.31. The first-order valence-electron chi connectivity index (χ1n) is 3.95. The molecule has 0 saturated heterocycles. The summed E-state index contributed by atoms with van der Waals surface area (Å²) in [6, 6.07) is 1.21. The van der Waals surface area contributed by atoms with Crippen LogP contribution in [0, 0.1) is 10.1 Å². The van der Waals surface area contributed by atoms with Crippen LogP contribution in [0.3, 0.4) is 0 Å². The SMILES string of the molecule is CC(C)OC(=O)c1ccoc1[N+](=O)[O-]. The molecule has 0 bridgehead atoms. The van der Waals surface area contributed by atoms with E-state index in [1.807, 2.05) is 0 Å². The Balaban J connectivity index is 2.90. The molecule has 0 fully saturated rings. The summed E-state index contributed by atoms with van der Waals surface area (Å²) in [7, 11) is 0. The topological polar surface area (TPSA) is 82.6 Å². The van der Waals surface area contributed by atoms with Gasteiger partial charge in [-0.3, -0.25) is 10.1 Å². The van der Waals surface area contributed by atoms with Gasteiger partial charge in [-0.25, -0.2) is 4.79 Å². The number of rotatable bonds is 3. The van der Waals surface area contributed by atoms with Gasteiger partial charge in [0.2, 0.25) is 0 Å². The van der Waals surface area contributed by atoms with Crippen molar-refractivity contribution in [2.75, 3.05) is 0 Å². The zero-order valence-corrected chi connectivity index (χ0v) is 7.72. The van der Waals surface area contributed by atoms with Crippen LogP contribution < -0.4 is 0 Å². The van der Waals surface area contributed by atoms with Crippen molar-refractivity contribution in [3.05, 3.63) is 28.0 Å². The predicted octanol–water partition coefficient (Wildman–Crippen LogP) is 1.75. The number of furan rings is 1. The van der Waals surface area contributed by atoms with Gasteiger partial charge in [0.1, 0.15) is 4.92 Å². The Labute approximate surface area is 79.6 Å². The van der Waals surface area contributed by atoms with Crippen LogP contribution in [0.2, 0.25) is 0 Å². The summed E-state index contributed by atoms with van der Waals surface area (Å²) in [5.41, 5.74) is -0.163. The highest BCUT2D eigenvalue weighted by Gasteiger charge is 2.25. The first kappa shape index (κ1) is 10.2. The maximum atomic E-state index is 11.3. The van der Waals surface area contributed by atoms with E-state index in [1.165, 1.54) is 6.07 Å². The van der Waals surface area contributed by atoms with Crippen LogP contribution in [-0.2, 0) is 4.74 Å². The van der Waals surface area contributed by atoms with Crippen molar-refractivity contribution in [3.63, 3.8) is 0 Å². The molecule has 1 aromatic rings. The molecule has 76 valence electrons. The number of hydrogen-bond acceptors (Lipinski definition) is 5. The van der Waals surface area contributed by atoms with Crippen LogP contribution >= 0.6 is 0 Å². The van der Waals surface area contributed by atoms with E-state index in [4.69, 9.17) is 4.74 Å². The van der Waals surface area contributed by atoms with E-state index < -0.39 is 16.8 Å². The van der Waals surface area contributed by atoms with Crippen molar-refractivity contribution in [2.45, 2.75) is 20.0 Å². The Kier molecular flexibility index (Phi) is 2.85. The summed E-state index contributed by atoms with van der Waals surface area (Å²) in [6.45, 7) is 3.31. The lowest BCUT2D eigenvalue weighted by molar-refractivity contribution is -0.402. The van der Waals surface area contributed by atoms with Crippen molar-refractivity contribution in [1.82, 2.24) is 0 Å². The Morgan fingerprint density at radius 2 is 2.29 bits per heavy atom. The molecule has 0 radical (unpaired) electrons. The number of esters is 1. The second kappa shape index (κ2) is 3.91. The second-order valence-corrected chi connectivity index (χ2v) is 2.85. The molecule has 0 unspecified atom stereocenters. The van der Waals surface area contributed by atoms with Crippen molar-refractivity contribution in [1.29, 1.82) is 0 Å². The monoisotopic (exact) mass is 199 g/mol. The molecule has 0 N–H and O–H groups in total. The summed E-state index contributed by atoms with van der Waals surface area (Å²) in [5, 5.41) is 10.4. The molecular weight excluding hydrogens is 190 g/mol. The fourth-order valence-corrected chi connectivity index (χ4v) is 0.876. The largest absolute Gasteiger partial charge is 0.459 e. The van der Waals surface area contributed by atoms with Gasteiger partial charge >= 0.3 is 11.9 Å². The van der Waals surface area contributed by atoms with Gasteiger partial charge in [0.15, 0.2) is 5.56 Å². The highest BCUT2D eigenvalue weighted by atomic mass is 16.6. The molecule has 0 aliphatic heterocycles. The maximum Gasteiger partial charge on any atom is 0.447 e. The fraction of sp³-hybridized carbons (Fsp3) is 0.375. The average Bonchev–Trinajstić information content (AvgIpc) is 2.49. The van der Waals surface area contributed by atoms with E-state index in [2.05, 4.69) is 4.42 Å². The molecule has 1 heterocycles. The average molecular weight is 199 g/mol. The van der Waals surface area contributed by atoms with Crippen LogP contribution in [0.1, 0.15) is 24.2 Å². The molecule has 6 nitrogen and oxygen atoms in total. The van der Waals surface area contributed by atoms with Gasteiger partial charge in [0.25, 0.3) is 0 Å².